The minimum atomic E-state index is -3.82. The maximum Gasteiger partial charge on any atom is 0.240 e. The molecule has 6 nitrogen and oxygen atoms in total. The zero-order valence-corrected chi connectivity index (χ0v) is 12.3. The molecule has 0 spiro atoms. The van der Waals surface area contributed by atoms with Gasteiger partial charge in [0.15, 0.2) is 0 Å². The second-order valence-electron chi connectivity index (χ2n) is 4.46. The average Bonchev–Trinajstić information content (AvgIpc) is 2.77. The minimum Gasteiger partial charge on any atom is -0.273 e. The highest BCUT2D eigenvalue weighted by atomic mass is 32.2. The second-order valence-corrected chi connectivity index (χ2v) is 6.22. The molecule has 0 atom stereocenters. The number of hydrogen-bond donors (Lipinski definition) is 1. The van der Waals surface area contributed by atoms with E-state index in [-0.39, 0.29) is 17.0 Å². The maximum atomic E-state index is 13.2. The summed E-state index contributed by atoms with van der Waals surface area (Å²) in [6.45, 7) is 1.89. The maximum absolute atomic E-state index is 13.2. The van der Waals surface area contributed by atoms with Gasteiger partial charge in [-0.1, -0.05) is 0 Å². The molecule has 1 N–H and O–H groups in total. The highest BCUT2D eigenvalue weighted by molar-refractivity contribution is 7.89. The fraction of sp³-hybridized carbons (Fsp3) is 0.231. The molecule has 0 saturated heterocycles. The molecule has 8 heteroatoms. The molecule has 0 aliphatic rings. The molecule has 21 heavy (non-hydrogen) atoms. The van der Waals surface area contributed by atoms with Crippen LogP contribution in [-0.2, 0) is 23.6 Å². The summed E-state index contributed by atoms with van der Waals surface area (Å²) in [7, 11) is -2.06. The number of nitrogens with one attached hydrogen (secondary N) is 1. The lowest BCUT2D eigenvalue weighted by Gasteiger charge is -2.07. The third-order valence-electron chi connectivity index (χ3n) is 3.16. The zero-order chi connectivity index (χ0) is 15.6. The fourth-order valence-electron chi connectivity index (χ4n) is 1.73. The van der Waals surface area contributed by atoms with Crippen molar-refractivity contribution in [3.63, 3.8) is 0 Å². The Labute approximate surface area is 121 Å². The highest BCUT2D eigenvalue weighted by Crippen LogP contribution is 2.15. The smallest absolute Gasteiger partial charge is 0.240 e. The number of aryl methyl sites for hydroxylation is 1. The Morgan fingerprint density at radius 3 is 2.76 bits per heavy atom. The Morgan fingerprint density at radius 1 is 1.48 bits per heavy atom. The number of benzene rings is 1. The van der Waals surface area contributed by atoms with Crippen LogP contribution in [0.4, 0.5) is 4.39 Å². The van der Waals surface area contributed by atoms with E-state index < -0.39 is 15.8 Å². The number of halogens is 1. The number of hydrogen-bond acceptors (Lipinski definition) is 4. The Hall–Kier alpha value is -2.24. The molecule has 0 radical (unpaired) electrons. The van der Waals surface area contributed by atoms with Gasteiger partial charge in [0, 0.05) is 24.8 Å². The quantitative estimate of drug-likeness (QED) is 0.920. The van der Waals surface area contributed by atoms with Gasteiger partial charge in [0.2, 0.25) is 10.0 Å². The molecule has 0 unspecified atom stereocenters. The Bertz CT molecular complexity index is 821. The van der Waals surface area contributed by atoms with E-state index in [2.05, 4.69) is 9.82 Å². The van der Waals surface area contributed by atoms with Gasteiger partial charge >= 0.3 is 0 Å². The molecule has 0 aliphatic carbocycles. The van der Waals surface area contributed by atoms with E-state index in [9.17, 15) is 12.8 Å². The van der Waals surface area contributed by atoms with E-state index in [0.29, 0.717) is 0 Å². The predicted molar refractivity (Wildman–Crippen MR) is 73.1 cm³/mol. The first-order valence-electron chi connectivity index (χ1n) is 6.02. The molecule has 1 heterocycles. The van der Waals surface area contributed by atoms with Gasteiger partial charge in [-0.2, -0.15) is 10.4 Å². The van der Waals surface area contributed by atoms with Crippen LogP contribution in [0, 0.1) is 24.1 Å². The van der Waals surface area contributed by atoms with Crippen LogP contribution in [0.15, 0.2) is 29.3 Å². The van der Waals surface area contributed by atoms with Crippen LogP contribution in [0.1, 0.15) is 16.8 Å². The molecule has 2 aromatic rings. The summed E-state index contributed by atoms with van der Waals surface area (Å²) in [4.78, 5) is -0.151. The number of aromatic nitrogens is 2. The first-order chi connectivity index (χ1) is 9.85. The van der Waals surface area contributed by atoms with Crippen molar-refractivity contribution in [2.75, 3.05) is 0 Å². The van der Waals surface area contributed by atoms with Crippen molar-refractivity contribution < 1.29 is 12.8 Å². The molecule has 0 fully saturated rings. The van der Waals surface area contributed by atoms with Crippen LogP contribution < -0.4 is 4.72 Å². The van der Waals surface area contributed by atoms with Crippen molar-refractivity contribution in [2.24, 2.45) is 7.05 Å². The molecule has 0 amide bonds. The van der Waals surface area contributed by atoms with Crippen molar-refractivity contribution in [1.29, 1.82) is 5.26 Å². The van der Waals surface area contributed by atoms with E-state index >= 15 is 0 Å². The SMILES string of the molecule is Cc1c(CNS(=O)(=O)c2ccc(F)c(C#N)c2)cnn1C. The number of rotatable bonds is 4. The third-order valence-corrected chi connectivity index (χ3v) is 4.56. The van der Waals surface area contributed by atoms with Crippen molar-refractivity contribution in [3.8, 4) is 6.07 Å². The first-order valence-corrected chi connectivity index (χ1v) is 7.50. The van der Waals surface area contributed by atoms with Crippen molar-refractivity contribution in [3.05, 3.63) is 47.0 Å². The van der Waals surface area contributed by atoms with Gasteiger partial charge in [0.25, 0.3) is 0 Å². The van der Waals surface area contributed by atoms with Crippen LogP contribution in [0.2, 0.25) is 0 Å². The van der Waals surface area contributed by atoms with E-state index in [4.69, 9.17) is 5.26 Å². The van der Waals surface area contributed by atoms with Gasteiger partial charge in [-0.25, -0.2) is 17.5 Å². The van der Waals surface area contributed by atoms with Crippen LogP contribution >= 0.6 is 0 Å². The van der Waals surface area contributed by atoms with E-state index in [1.54, 1.807) is 24.0 Å². The number of nitriles is 1. The van der Waals surface area contributed by atoms with Gasteiger partial charge in [-0.05, 0) is 25.1 Å². The standard InChI is InChI=1S/C13H13FN4O2S/c1-9-11(7-16-18(9)2)8-17-21(19,20)12-3-4-13(14)10(5-12)6-15/h3-5,7,17H,8H2,1-2H3. The summed E-state index contributed by atoms with van der Waals surface area (Å²) >= 11 is 0. The molecular formula is C13H13FN4O2S. The summed E-state index contributed by atoms with van der Waals surface area (Å²) in [6, 6.07) is 4.70. The summed E-state index contributed by atoms with van der Waals surface area (Å²) in [6.07, 6.45) is 1.57. The lowest BCUT2D eigenvalue weighted by atomic mass is 10.2. The molecule has 1 aromatic heterocycles. The average molecular weight is 308 g/mol. The normalized spacial score (nSPS) is 11.3. The third kappa shape index (κ3) is 3.09. The summed E-state index contributed by atoms with van der Waals surface area (Å²) in [5, 5.41) is 12.8. The van der Waals surface area contributed by atoms with Crippen LogP contribution in [-0.4, -0.2) is 18.2 Å². The van der Waals surface area contributed by atoms with E-state index in [0.717, 1.165) is 29.5 Å². The fourth-order valence-corrected chi connectivity index (χ4v) is 2.76. The summed E-state index contributed by atoms with van der Waals surface area (Å²) in [5.41, 5.74) is 1.27. The van der Waals surface area contributed by atoms with Crippen LogP contribution in [0.3, 0.4) is 0 Å². The van der Waals surface area contributed by atoms with E-state index in [1.807, 2.05) is 6.92 Å². The first kappa shape index (κ1) is 15.2. The number of nitrogens with zero attached hydrogens (tertiary/aromatic N) is 3. The molecule has 1 aromatic carbocycles. The summed E-state index contributed by atoms with van der Waals surface area (Å²) in [5.74, 6) is -0.750. The molecule has 0 aliphatic heterocycles. The number of sulfonamides is 1. The van der Waals surface area contributed by atoms with Gasteiger partial charge in [0.1, 0.15) is 11.9 Å². The molecule has 2 rings (SSSR count). The predicted octanol–water partition coefficient (Wildman–Crippen LogP) is 1.22. The topological polar surface area (TPSA) is 87.8 Å². The Kier molecular flexibility index (Phi) is 4.06. The molecule has 110 valence electrons. The Balaban J connectivity index is 2.23. The molecule has 0 saturated carbocycles. The highest BCUT2D eigenvalue weighted by Gasteiger charge is 2.17. The van der Waals surface area contributed by atoms with Crippen LogP contribution in [0.5, 0.6) is 0 Å². The molecular weight excluding hydrogens is 295 g/mol. The van der Waals surface area contributed by atoms with Crippen LogP contribution in [0.25, 0.3) is 0 Å². The minimum absolute atomic E-state index is 0.0707. The van der Waals surface area contributed by atoms with Gasteiger partial charge in [-0.3, -0.25) is 4.68 Å². The van der Waals surface area contributed by atoms with Gasteiger partial charge < -0.3 is 0 Å². The zero-order valence-electron chi connectivity index (χ0n) is 11.5. The van der Waals surface area contributed by atoms with Crippen molar-refractivity contribution in [1.82, 2.24) is 14.5 Å². The van der Waals surface area contributed by atoms with Gasteiger partial charge in [0.05, 0.1) is 16.7 Å². The second kappa shape index (κ2) is 5.63. The largest absolute Gasteiger partial charge is 0.273 e. The Morgan fingerprint density at radius 2 is 2.19 bits per heavy atom. The monoisotopic (exact) mass is 308 g/mol. The van der Waals surface area contributed by atoms with Crippen molar-refractivity contribution >= 4 is 10.0 Å². The van der Waals surface area contributed by atoms with Crippen molar-refractivity contribution in [2.45, 2.75) is 18.4 Å². The molecule has 0 bridgehead atoms. The lowest BCUT2D eigenvalue weighted by Crippen LogP contribution is -2.23. The lowest BCUT2D eigenvalue weighted by molar-refractivity contribution is 0.580. The summed E-state index contributed by atoms with van der Waals surface area (Å²) < 4.78 is 41.5. The van der Waals surface area contributed by atoms with E-state index in [1.165, 1.54) is 0 Å². The van der Waals surface area contributed by atoms with Gasteiger partial charge in [-0.15, -0.1) is 0 Å².